The zero-order valence-electron chi connectivity index (χ0n) is 46.9. The van der Waals surface area contributed by atoms with Gasteiger partial charge in [0.2, 0.25) is 0 Å². The minimum absolute atomic E-state index is 0.0842. The summed E-state index contributed by atoms with van der Waals surface area (Å²) in [7, 11) is 0. The van der Waals surface area contributed by atoms with Gasteiger partial charge in [-0.15, -0.1) is 0 Å². The Morgan fingerprint density at radius 3 is 1.26 bits per heavy atom. The molecule has 1 aliphatic heterocycles. The number of aliphatic hydroxyl groups excluding tert-OH is 2. The lowest BCUT2D eigenvalue weighted by molar-refractivity contribution is -0.301. The fourth-order valence-corrected chi connectivity index (χ4v) is 7.36. The van der Waals surface area contributed by atoms with Gasteiger partial charge < -0.3 is 39.0 Å². The molecule has 0 spiro atoms. The van der Waals surface area contributed by atoms with E-state index in [1.807, 2.05) is 12.2 Å². The number of carbonyl (C=O) groups is 4. The first-order chi connectivity index (χ1) is 37.6. The Hall–Kier alpha value is -5.66. The molecular formula is C65H96O12. The van der Waals surface area contributed by atoms with E-state index >= 15 is 0 Å². The smallest absolute Gasteiger partial charge is 0.335 e. The van der Waals surface area contributed by atoms with E-state index in [2.05, 4.69) is 154 Å². The number of aliphatic carboxylic acids is 1. The molecule has 0 amide bonds. The summed E-state index contributed by atoms with van der Waals surface area (Å²) in [5.41, 5.74) is 0. The molecule has 77 heavy (non-hydrogen) atoms. The van der Waals surface area contributed by atoms with E-state index in [1.54, 1.807) is 12.2 Å². The highest BCUT2D eigenvalue weighted by atomic mass is 16.7. The number of ether oxygens (including phenoxy) is 5. The lowest BCUT2D eigenvalue weighted by Crippen LogP contribution is -2.61. The molecule has 0 aliphatic carbocycles. The summed E-state index contributed by atoms with van der Waals surface area (Å²) in [6, 6.07) is 0. The van der Waals surface area contributed by atoms with Gasteiger partial charge in [0.15, 0.2) is 24.6 Å². The summed E-state index contributed by atoms with van der Waals surface area (Å²) in [5.74, 6) is -3.41. The van der Waals surface area contributed by atoms with E-state index in [9.17, 15) is 34.5 Å². The maximum Gasteiger partial charge on any atom is 0.335 e. The van der Waals surface area contributed by atoms with Crippen LogP contribution in [-0.4, -0.2) is 89.2 Å². The number of hydrogen-bond donors (Lipinski definition) is 3. The molecule has 428 valence electrons. The van der Waals surface area contributed by atoms with Gasteiger partial charge in [0, 0.05) is 12.8 Å². The largest absolute Gasteiger partial charge is 0.479 e. The second kappa shape index (κ2) is 51.1. The van der Waals surface area contributed by atoms with Crippen LogP contribution in [0.3, 0.4) is 0 Å². The molecule has 6 atom stereocenters. The van der Waals surface area contributed by atoms with Crippen molar-refractivity contribution in [1.29, 1.82) is 0 Å². The van der Waals surface area contributed by atoms with Crippen molar-refractivity contribution in [1.82, 2.24) is 0 Å². The molecule has 6 unspecified atom stereocenters. The Morgan fingerprint density at radius 1 is 0.442 bits per heavy atom. The summed E-state index contributed by atoms with van der Waals surface area (Å²) in [4.78, 5) is 51.0. The minimum Gasteiger partial charge on any atom is -0.479 e. The predicted octanol–water partition coefficient (Wildman–Crippen LogP) is 14.6. The van der Waals surface area contributed by atoms with Crippen LogP contribution in [0.5, 0.6) is 0 Å². The number of carboxylic acids is 1. The molecule has 1 aliphatic rings. The quantitative estimate of drug-likeness (QED) is 0.0228. The third-order valence-electron chi connectivity index (χ3n) is 11.6. The highest BCUT2D eigenvalue weighted by Crippen LogP contribution is 2.26. The number of aliphatic hydroxyl groups is 2. The van der Waals surface area contributed by atoms with Crippen LogP contribution >= 0.6 is 0 Å². The molecule has 1 rings (SSSR count). The van der Waals surface area contributed by atoms with E-state index in [-0.39, 0.29) is 25.9 Å². The number of unbranched alkanes of at least 4 members (excludes halogenated alkanes) is 6. The zero-order valence-corrected chi connectivity index (χ0v) is 46.9. The molecule has 1 fully saturated rings. The standard InChI is InChI=1S/C65H96O12/c1-4-7-10-13-16-19-22-25-28-29-32-33-36-39-42-45-48-51-57(66)73-54-56(75-58(67)52-49-46-43-40-37-34-30-26-23-20-17-14-11-8-5-2)55-74-65-63(61(70)60(69)62(77-65)64(71)72)76-59(68)53-50-47-44-41-38-35-31-27-24-21-18-15-12-9-6-3/h7-12,16-21,25-28,30-33,37-38,40-41,47,50,56,60-63,65,69-70H,4-6,13-15,22-24,29,34-36,39,42-46,48-49,51-55H2,1-3H3,(H,71,72)/b10-7-,11-8-,12-9-,19-16-,20-17-,21-18-,28-25-,30-26-,31-27-,33-32-,40-37-,41-38-,50-47-. The highest BCUT2D eigenvalue weighted by molar-refractivity contribution is 5.74. The van der Waals surface area contributed by atoms with Crippen LogP contribution in [0, 0.1) is 0 Å². The molecule has 3 N–H and O–H groups in total. The minimum atomic E-state index is -1.95. The van der Waals surface area contributed by atoms with Gasteiger partial charge in [-0.3, -0.25) is 14.4 Å². The highest BCUT2D eigenvalue weighted by Gasteiger charge is 2.50. The van der Waals surface area contributed by atoms with Crippen LogP contribution in [0.2, 0.25) is 0 Å². The van der Waals surface area contributed by atoms with Crippen molar-refractivity contribution in [3.63, 3.8) is 0 Å². The Bertz CT molecular complexity index is 1940. The summed E-state index contributed by atoms with van der Waals surface area (Å²) < 4.78 is 28.2. The molecule has 0 radical (unpaired) electrons. The van der Waals surface area contributed by atoms with Gasteiger partial charge in [0.25, 0.3) is 0 Å². The molecular weight excluding hydrogens is 973 g/mol. The topological polar surface area (TPSA) is 175 Å². The summed E-state index contributed by atoms with van der Waals surface area (Å²) in [6.45, 7) is 5.52. The Kier molecular flexibility index (Phi) is 46.0. The predicted molar refractivity (Wildman–Crippen MR) is 312 cm³/mol. The van der Waals surface area contributed by atoms with Crippen LogP contribution in [0.1, 0.15) is 175 Å². The maximum atomic E-state index is 13.1. The van der Waals surface area contributed by atoms with E-state index in [4.69, 9.17) is 23.7 Å². The van der Waals surface area contributed by atoms with E-state index in [1.165, 1.54) is 0 Å². The third-order valence-corrected chi connectivity index (χ3v) is 11.6. The van der Waals surface area contributed by atoms with E-state index in [0.29, 0.717) is 19.3 Å². The number of carbonyl (C=O) groups excluding carboxylic acids is 3. The van der Waals surface area contributed by atoms with Gasteiger partial charge in [-0.05, 0) is 122 Å². The molecule has 0 aromatic heterocycles. The van der Waals surface area contributed by atoms with Gasteiger partial charge in [-0.25, -0.2) is 4.79 Å². The van der Waals surface area contributed by atoms with Crippen molar-refractivity contribution < 1.29 is 58.2 Å². The second-order valence-corrected chi connectivity index (χ2v) is 18.4. The molecule has 0 saturated carbocycles. The molecule has 1 saturated heterocycles. The summed E-state index contributed by atoms with van der Waals surface area (Å²) in [5, 5.41) is 31.4. The third kappa shape index (κ3) is 41.2. The number of allylic oxidation sites excluding steroid dienone is 25. The van der Waals surface area contributed by atoms with Crippen molar-refractivity contribution in [3.05, 3.63) is 158 Å². The monoisotopic (exact) mass is 1070 g/mol. The first kappa shape index (κ1) is 69.4. The van der Waals surface area contributed by atoms with Gasteiger partial charge in [-0.1, -0.05) is 192 Å². The first-order valence-corrected chi connectivity index (χ1v) is 28.5. The normalized spacial score (nSPS) is 19.2. The van der Waals surface area contributed by atoms with E-state index < -0.39 is 67.3 Å². The van der Waals surface area contributed by atoms with Gasteiger partial charge in [0.05, 0.1) is 13.0 Å². The molecule has 12 heteroatoms. The molecule has 0 aromatic rings. The number of carboxylic acid groups (broad SMARTS) is 1. The molecule has 0 bridgehead atoms. The van der Waals surface area contributed by atoms with Crippen molar-refractivity contribution in [3.8, 4) is 0 Å². The van der Waals surface area contributed by atoms with Crippen LogP contribution in [-0.2, 0) is 42.9 Å². The Labute approximate surface area is 463 Å². The van der Waals surface area contributed by atoms with Crippen LogP contribution in [0.15, 0.2) is 158 Å². The molecule has 12 nitrogen and oxygen atoms in total. The van der Waals surface area contributed by atoms with Gasteiger partial charge >= 0.3 is 23.9 Å². The Morgan fingerprint density at radius 2 is 0.818 bits per heavy atom. The number of rotatable bonds is 45. The van der Waals surface area contributed by atoms with Crippen molar-refractivity contribution in [2.24, 2.45) is 0 Å². The fraction of sp³-hybridized carbons (Fsp3) is 0.538. The first-order valence-electron chi connectivity index (χ1n) is 28.5. The lowest BCUT2D eigenvalue weighted by atomic mass is 9.98. The van der Waals surface area contributed by atoms with Crippen molar-refractivity contribution in [2.75, 3.05) is 13.2 Å². The molecule has 1 heterocycles. The lowest BCUT2D eigenvalue weighted by Gasteiger charge is -2.40. The fourth-order valence-electron chi connectivity index (χ4n) is 7.36. The van der Waals surface area contributed by atoms with Crippen LogP contribution in [0.4, 0.5) is 0 Å². The van der Waals surface area contributed by atoms with Crippen LogP contribution in [0.25, 0.3) is 0 Å². The Balaban J connectivity index is 2.81. The average molecular weight is 1070 g/mol. The van der Waals surface area contributed by atoms with E-state index in [0.717, 1.165) is 116 Å². The number of esters is 3. The van der Waals surface area contributed by atoms with Crippen molar-refractivity contribution >= 4 is 23.9 Å². The number of hydrogen-bond acceptors (Lipinski definition) is 11. The molecule has 0 aromatic carbocycles. The summed E-state index contributed by atoms with van der Waals surface area (Å²) >= 11 is 0. The van der Waals surface area contributed by atoms with Gasteiger partial charge in [0.1, 0.15) is 18.8 Å². The zero-order chi connectivity index (χ0) is 56.1. The van der Waals surface area contributed by atoms with Crippen molar-refractivity contribution in [2.45, 2.75) is 212 Å². The maximum absolute atomic E-state index is 13.1. The summed E-state index contributed by atoms with van der Waals surface area (Å²) in [6.07, 6.45) is 62.4. The average Bonchev–Trinajstić information content (AvgIpc) is 3.43. The second-order valence-electron chi connectivity index (χ2n) is 18.4. The van der Waals surface area contributed by atoms with Crippen LogP contribution < -0.4 is 0 Å². The van der Waals surface area contributed by atoms with Gasteiger partial charge in [-0.2, -0.15) is 0 Å². The SMILES string of the molecule is CC/C=C\C/C=C\C/C=C\C/C=C\C/C=C\CC(=O)OC1C(OCC(COC(=O)CCCCCC/C=C\C/C=C\C/C=C\C/C=C\CC)OC(=O)CCCC/C=C\C/C=C\C/C=C\C/C=C\CC)OC(C(=O)O)C(O)C1O.